The zero-order valence-electron chi connectivity index (χ0n) is 75.3. The van der Waals surface area contributed by atoms with Crippen molar-refractivity contribution >= 4 is 71.4 Å². The molecular weight excluding hydrogens is 1540 g/mol. The smallest absolute Gasteiger partial charge is 0.328 e. The van der Waals surface area contributed by atoms with Crippen LogP contribution < -0.4 is 26.6 Å². The fraction of sp³-hybridized carbons (Fsp3) is 0.609. The summed E-state index contributed by atoms with van der Waals surface area (Å²) in [5.41, 5.74) is 3.52. The third-order valence-electron chi connectivity index (χ3n) is 19.6. The molecule has 0 aromatic heterocycles. The number of amides is 4. The molecule has 1 saturated heterocycles. The molecule has 4 aromatic carbocycles. The van der Waals surface area contributed by atoms with Gasteiger partial charge >= 0.3 is 47.8 Å². The highest BCUT2D eigenvalue weighted by atomic mass is 16.5. The van der Waals surface area contributed by atoms with Crippen LogP contribution in [0.1, 0.15) is 211 Å². The number of hydrogen-bond donors (Lipinski definition) is 9. The van der Waals surface area contributed by atoms with E-state index in [9.17, 15) is 72.9 Å². The molecule has 4 aromatic rings. The Morgan fingerprint density at radius 1 is 0.400 bits per heavy atom. The SMILES string of the molecule is CC(C)(C)CCN[C@@H](CC(=O)O)C(=O)NC(Cc1ccccc1)C(=O)O.COC(=O)C(Cc1ccccc1)NC(=O)[C@H](CC(=O)O)N(CCC(C)(C)C)CCC(C)(C)C.COC(=O)C[C@H](NCCC(C)(C)C)C(=O)NC(Cc1ccccc1)C(=O)OC.COC(=O)[C@H](Cc1ccccc1)N1C(=O)C(CC(=O)O)N(CCC(C)(C)C)C1CC(C)(C)C. The minimum absolute atomic E-state index is 0.0162. The Bertz CT molecular complexity index is 3790. The van der Waals surface area contributed by atoms with Crippen LogP contribution in [0.5, 0.6) is 0 Å². The second-order valence-electron chi connectivity index (χ2n) is 37.8. The predicted molar refractivity (Wildman–Crippen MR) is 462 cm³/mol. The summed E-state index contributed by atoms with van der Waals surface area (Å²) in [5, 5.41) is 51.5. The van der Waals surface area contributed by atoms with Crippen molar-refractivity contribution in [3.8, 4) is 0 Å². The lowest BCUT2D eigenvalue weighted by Gasteiger charge is -2.39. The highest BCUT2D eigenvalue weighted by Crippen LogP contribution is 2.37. The molecular formula is C92H142N8O20. The minimum Gasteiger partial charge on any atom is -0.481 e. The number of benzene rings is 4. The average molecular weight is 1680 g/mol. The fourth-order valence-corrected chi connectivity index (χ4v) is 12.7. The molecule has 0 bridgehead atoms. The van der Waals surface area contributed by atoms with E-state index >= 15 is 0 Å². The Morgan fingerprint density at radius 2 is 0.750 bits per heavy atom. The first kappa shape index (κ1) is 106. The van der Waals surface area contributed by atoms with Crippen molar-refractivity contribution in [2.24, 2.45) is 32.5 Å². The van der Waals surface area contributed by atoms with Gasteiger partial charge in [0.1, 0.15) is 30.2 Å². The van der Waals surface area contributed by atoms with Crippen LogP contribution in [0.4, 0.5) is 0 Å². The van der Waals surface area contributed by atoms with Crippen molar-refractivity contribution in [2.75, 3.05) is 61.2 Å². The quantitative estimate of drug-likeness (QED) is 0.0147. The molecule has 0 radical (unpaired) electrons. The molecule has 28 heteroatoms. The number of carbonyl (C=O) groups is 12. The molecule has 1 fully saturated rings. The summed E-state index contributed by atoms with van der Waals surface area (Å²) in [6, 6.07) is 30.0. The van der Waals surface area contributed by atoms with Crippen LogP contribution in [0.15, 0.2) is 121 Å². The van der Waals surface area contributed by atoms with Gasteiger partial charge in [-0.1, -0.05) is 246 Å². The van der Waals surface area contributed by atoms with Gasteiger partial charge in [-0.15, -0.1) is 0 Å². The molecule has 670 valence electrons. The molecule has 0 aliphatic carbocycles. The van der Waals surface area contributed by atoms with Crippen LogP contribution in [0.3, 0.4) is 0 Å². The molecule has 4 amide bonds. The average Bonchev–Trinajstić information content (AvgIpc) is 1.61. The zero-order chi connectivity index (χ0) is 91.1. The summed E-state index contributed by atoms with van der Waals surface area (Å²) in [5.74, 6) is -8.28. The van der Waals surface area contributed by atoms with E-state index in [-0.39, 0.29) is 70.5 Å². The van der Waals surface area contributed by atoms with Gasteiger partial charge < -0.3 is 70.9 Å². The third-order valence-corrected chi connectivity index (χ3v) is 19.6. The van der Waals surface area contributed by atoms with E-state index in [4.69, 9.17) is 24.1 Å². The van der Waals surface area contributed by atoms with Gasteiger partial charge in [-0.3, -0.25) is 48.2 Å². The second kappa shape index (κ2) is 51.2. The topological polar surface area (TPSA) is 393 Å². The first-order chi connectivity index (χ1) is 55.7. The molecule has 9 N–H and O–H groups in total. The van der Waals surface area contributed by atoms with Crippen LogP contribution >= 0.6 is 0 Å². The highest BCUT2D eigenvalue weighted by Gasteiger charge is 2.52. The summed E-state index contributed by atoms with van der Waals surface area (Å²) in [6.45, 7) is 40.5. The predicted octanol–water partition coefficient (Wildman–Crippen LogP) is 11.4. The molecule has 9 atom stereocenters. The fourth-order valence-electron chi connectivity index (χ4n) is 12.7. The van der Waals surface area contributed by atoms with Crippen molar-refractivity contribution in [3.05, 3.63) is 144 Å². The number of nitrogens with one attached hydrogen (secondary N) is 5. The van der Waals surface area contributed by atoms with Crippen LogP contribution in [0, 0.1) is 32.5 Å². The number of carboxylic acid groups (broad SMARTS) is 4. The second-order valence-corrected chi connectivity index (χ2v) is 37.8. The number of esters is 4. The molecule has 1 aliphatic rings. The Labute approximate surface area is 712 Å². The molecule has 120 heavy (non-hydrogen) atoms. The Morgan fingerprint density at radius 3 is 1.08 bits per heavy atom. The van der Waals surface area contributed by atoms with Gasteiger partial charge in [0.2, 0.25) is 23.6 Å². The van der Waals surface area contributed by atoms with Crippen LogP contribution in [-0.2, 0) is 102 Å². The van der Waals surface area contributed by atoms with E-state index in [1.807, 2.05) is 128 Å². The van der Waals surface area contributed by atoms with Crippen LogP contribution in [0.2, 0.25) is 0 Å². The van der Waals surface area contributed by atoms with E-state index < -0.39 is 126 Å². The van der Waals surface area contributed by atoms with E-state index in [1.165, 1.54) is 28.4 Å². The summed E-state index contributed by atoms with van der Waals surface area (Å²) < 4.78 is 19.6. The standard InChI is InChI=1S/C26H40N2O5.C26H42N2O5.C21H32N2O5.C19H28N2O5/c1-25(2,3)13-14-27-19(16-22(29)30)23(31)28(21(27)17-26(4,5)6)20(24(32)33-7)15-18-11-9-8-10-12-18;1-25(2,3)13-15-28(16-14-26(4,5)6)21(18-22(29)30)23(31)27-20(24(32)33-7)17-19-11-9-8-10-12-19;1-21(2,3)11-12-22-16(14-18(24)27-4)19(25)23-17(20(26)28-5)13-15-9-7-6-8-10-15;1-19(2,3)9-10-20-14(12-16(22)23)17(24)21-15(18(25)26)11-13-7-5-4-6-8-13/h8-12,19-21H,13-17H2,1-7H3,(H,29,30);8-12,20-21H,13-18H2,1-7H3,(H,27,31)(H,29,30);6-10,16-17,22H,11-14H2,1-5H3,(H,23,25);4-8,14-15,20H,9-12H2,1-3H3,(H,21,24)(H,22,23)(H,25,26)/t19?,20-,21?;20?,21-;16-,17?;14-,15?/m0000/s1. The summed E-state index contributed by atoms with van der Waals surface area (Å²) in [7, 11) is 5.16. The van der Waals surface area contributed by atoms with Crippen molar-refractivity contribution in [1.82, 2.24) is 41.3 Å². The number of rotatable bonds is 41. The van der Waals surface area contributed by atoms with Crippen molar-refractivity contribution in [2.45, 2.75) is 269 Å². The monoisotopic (exact) mass is 1680 g/mol. The van der Waals surface area contributed by atoms with E-state index in [1.54, 1.807) is 29.2 Å². The number of aliphatic carboxylic acids is 4. The summed E-state index contributed by atoms with van der Waals surface area (Å²) in [6.07, 6.45) is 4.07. The molecule has 0 saturated carbocycles. The Kier molecular flexibility index (Phi) is 45.4. The first-order valence-corrected chi connectivity index (χ1v) is 41.2. The molecule has 28 nitrogen and oxygen atoms in total. The minimum atomic E-state index is -1.16. The van der Waals surface area contributed by atoms with Gasteiger partial charge in [0, 0.05) is 32.2 Å². The van der Waals surface area contributed by atoms with Crippen molar-refractivity contribution < 1.29 is 96.9 Å². The van der Waals surface area contributed by atoms with Gasteiger partial charge in [-0.25, -0.2) is 19.2 Å². The van der Waals surface area contributed by atoms with E-state index in [0.29, 0.717) is 52.0 Å². The number of methoxy groups -OCH3 is 4. The van der Waals surface area contributed by atoms with Gasteiger partial charge in [-0.05, 0) is 119 Å². The highest BCUT2D eigenvalue weighted by molar-refractivity contribution is 5.94. The summed E-state index contributed by atoms with van der Waals surface area (Å²) >= 11 is 0. The zero-order valence-corrected chi connectivity index (χ0v) is 75.3. The summed E-state index contributed by atoms with van der Waals surface area (Å²) in [4.78, 5) is 153. The number of ether oxygens (including phenoxy) is 4. The lowest BCUT2D eigenvalue weighted by atomic mass is 9.88. The number of hydrogen-bond acceptors (Lipinski definition) is 20. The normalized spacial score (nSPS) is 15.6. The lowest BCUT2D eigenvalue weighted by molar-refractivity contribution is -0.153. The Balaban J connectivity index is 0.000000545. The largest absolute Gasteiger partial charge is 0.481 e. The maximum Gasteiger partial charge on any atom is 0.328 e. The van der Waals surface area contributed by atoms with E-state index in [2.05, 4.69) is 130 Å². The van der Waals surface area contributed by atoms with Crippen molar-refractivity contribution in [3.63, 3.8) is 0 Å². The first-order valence-electron chi connectivity index (χ1n) is 41.2. The van der Waals surface area contributed by atoms with Gasteiger partial charge in [0.25, 0.3) is 0 Å². The van der Waals surface area contributed by atoms with Gasteiger partial charge in [-0.2, -0.15) is 0 Å². The van der Waals surface area contributed by atoms with Crippen LogP contribution in [-0.4, -0.2) is 222 Å². The third kappa shape index (κ3) is 44.6. The Hall–Kier alpha value is -9.64. The molecule has 1 aliphatic heterocycles. The molecule has 0 spiro atoms. The van der Waals surface area contributed by atoms with Crippen LogP contribution in [0.25, 0.3) is 0 Å². The number of carboxylic acids is 4. The maximum atomic E-state index is 13.7. The van der Waals surface area contributed by atoms with Gasteiger partial charge in [0.05, 0.1) is 78.4 Å². The number of nitrogens with zero attached hydrogens (tertiary/aromatic N) is 3. The van der Waals surface area contributed by atoms with Gasteiger partial charge in [0.15, 0.2) is 0 Å². The van der Waals surface area contributed by atoms with E-state index in [0.717, 1.165) is 54.4 Å². The molecule has 5 rings (SSSR count). The maximum absolute atomic E-state index is 13.7. The number of carbonyl (C=O) groups excluding carboxylic acids is 8. The van der Waals surface area contributed by atoms with Crippen molar-refractivity contribution in [1.29, 1.82) is 0 Å². The molecule has 5 unspecified atom stereocenters. The molecule has 1 heterocycles. The lowest BCUT2D eigenvalue weighted by Crippen LogP contribution is -2.54.